The minimum absolute atomic E-state index is 0.0319. The second kappa shape index (κ2) is 3.46. The van der Waals surface area contributed by atoms with Gasteiger partial charge in [-0.15, -0.1) is 5.10 Å². The Bertz CT molecular complexity index is 162. The van der Waals surface area contributed by atoms with Crippen LogP contribution in [0, 0.1) is 0 Å². The zero-order valence-electron chi connectivity index (χ0n) is 5.58. The van der Waals surface area contributed by atoms with Crippen LogP contribution < -0.4 is 11.5 Å². The fourth-order valence-electron chi connectivity index (χ4n) is 0.659. The fourth-order valence-corrected chi connectivity index (χ4v) is 1.62. The Morgan fingerprint density at radius 2 is 2.30 bits per heavy atom. The molecule has 1 saturated heterocycles. The van der Waals surface area contributed by atoms with Crippen LogP contribution in [-0.2, 0) is 0 Å². The maximum atomic E-state index is 5.08. The maximum Gasteiger partial charge on any atom is 0.211 e. The number of guanidine groups is 1. The maximum absolute atomic E-state index is 5.08. The lowest BCUT2D eigenvalue weighted by Crippen LogP contribution is -2.22. The van der Waals surface area contributed by atoms with Crippen molar-refractivity contribution in [2.75, 3.05) is 11.5 Å². The summed E-state index contributed by atoms with van der Waals surface area (Å²) in [7, 11) is 0. The number of nitrogens with two attached hydrogens (primary N) is 2. The van der Waals surface area contributed by atoms with Crippen LogP contribution in [0.5, 0.6) is 0 Å². The largest absolute Gasteiger partial charge is 0.369 e. The van der Waals surface area contributed by atoms with Gasteiger partial charge in [-0.3, -0.25) is 0 Å². The Morgan fingerprint density at radius 1 is 1.50 bits per heavy atom. The quantitative estimate of drug-likeness (QED) is 0.314. The van der Waals surface area contributed by atoms with Gasteiger partial charge in [-0.05, 0) is 12.2 Å². The molecule has 0 amide bonds. The molecule has 0 bridgehead atoms. The summed E-state index contributed by atoms with van der Waals surface area (Å²) in [5.41, 5.74) is 11.3. The zero-order chi connectivity index (χ0) is 7.40. The molecule has 1 aliphatic heterocycles. The van der Waals surface area contributed by atoms with Gasteiger partial charge in [0.1, 0.15) is 0 Å². The molecular formula is C5H10N4S. The first-order chi connectivity index (χ1) is 4.79. The third-order valence-corrected chi connectivity index (χ3v) is 2.14. The molecule has 4 nitrogen and oxygen atoms in total. The Labute approximate surface area is 63.8 Å². The molecule has 1 fully saturated rings. The van der Waals surface area contributed by atoms with Crippen LogP contribution in [0.25, 0.3) is 0 Å². The summed E-state index contributed by atoms with van der Waals surface area (Å²) in [6.45, 7) is 0. The average Bonchev–Trinajstić information content (AvgIpc) is 2.34. The van der Waals surface area contributed by atoms with Crippen molar-refractivity contribution in [2.24, 2.45) is 21.7 Å². The van der Waals surface area contributed by atoms with Gasteiger partial charge in [-0.25, -0.2) is 0 Å². The van der Waals surface area contributed by atoms with Crippen LogP contribution >= 0.6 is 11.8 Å². The molecule has 5 heteroatoms. The van der Waals surface area contributed by atoms with Crippen molar-refractivity contribution in [1.29, 1.82) is 0 Å². The van der Waals surface area contributed by atoms with Crippen molar-refractivity contribution >= 4 is 23.4 Å². The molecule has 1 aliphatic rings. The first kappa shape index (κ1) is 7.40. The van der Waals surface area contributed by atoms with Crippen molar-refractivity contribution < 1.29 is 0 Å². The van der Waals surface area contributed by atoms with Gasteiger partial charge in [0.2, 0.25) is 5.96 Å². The first-order valence-corrected chi connectivity index (χ1v) is 4.16. The molecule has 0 aromatic heterocycles. The van der Waals surface area contributed by atoms with Crippen LogP contribution in [0.4, 0.5) is 0 Å². The van der Waals surface area contributed by atoms with E-state index >= 15 is 0 Å². The van der Waals surface area contributed by atoms with Crippen LogP contribution in [0.2, 0.25) is 0 Å². The lowest BCUT2D eigenvalue weighted by Gasteiger charge is -1.87. The van der Waals surface area contributed by atoms with E-state index < -0.39 is 0 Å². The van der Waals surface area contributed by atoms with Gasteiger partial charge >= 0.3 is 0 Å². The van der Waals surface area contributed by atoms with E-state index in [-0.39, 0.29) is 5.96 Å². The third kappa shape index (κ3) is 2.26. The molecule has 0 radical (unpaired) electrons. The summed E-state index contributed by atoms with van der Waals surface area (Å²) in [6.07, 6.45) is 1.02. The van der Waals surface area contributed by atoms with Gasteiger partial charge < -0.3 is 11.5 Å². The summed E-state index contributed by atoms with van der Waals surface area (Å²) in [5, 5.41) is 7.41. The lowest BCUT2D eigenvalue weighted by molar-refractivity contribution is 1.17. The fraction of sp³-hybridized carbons (Fsp3) is 0.600. The Morgan fingerprint density at radius 3 is 2.80 bits per heavy atom. The highest BCUT2D eigenvalue weighted by atomic mass is 32.2. The van der Waals surface area contributed by atoms with E-state index in [1.165, 1.54) is 0 Å². The number of hydrogen-bond acceptors (Lipinski definition) is 3. The molecule has 1 rings (SSSR count). The summed E-state index contributed by atoms with van der Waals surface area (Å²) in [5.74, 6) is 2.14. The average molecular weight is 158 g/mol. The number of thioether (sulfide) groups is 1. The molecular weight excluding hydrogens is 148 g/mol. The van der Waals surface area contributed by atoms with Gasteiger partial charge in [0.05, 0.1) is 5.71 Å². The van der Waals surface area contributed by atoms with E-state index in [9.17, 15) is 0 Å². The second-order valence-electron chi connectivity index (χ2n) is 1.99. The summed E-state index contributed by atoms with van der Waals surface area (Å²) in [6, 6.07) is 0. The molecule has 0 unspecified atom stereocenters. The van der Waals surface area contributed by atoms with E-state index in [0.29, 0.717) is 0 Å². The Hall–Kier alpha value is -0.710. The molecule has 0 aromatic rings. The molecule has 0 aromatic carbocycles. The van der Waals surface area contributed by atoms with Gasteiger partial charge in [-0.1, -0.05) is 0 Å². The van der Waals surface area contributed by atoms with Crippen LogP contribution in [-0.4, -0.2) is 23.2 Å². The molecule has 4 N–H and O–H groups in total. The van der Waals surface area contributed by atoms with Crippen LogP contribution in [0.15, 0.2) is 10.2 Å². The monoisotopic (exact) mass is 158 g/mol. The van der Waals surface area contributed by atoms with E-state index in [4.69, 9.17) is 11.5 Å². The van der Waals surface area contributed by atoms with E-state index in [2.05, 4.69) is 10.2 Å². The molecule has 1 heterocycles. The van der Waals surface area contributed by atoms with Gasteiger partial charge in [0.15, 0.2) is 0 Å². The van der Waals surface area contributed by atoms with Gasteiger partial charge in [-0.2, -0.15) is 16.9 Å². The zero-order valence-corrected chi connectivity index (χ0v) is 6.40. The SMILES string of the molecule is NC(N)=N/N=C1/CCSC1. The topological polar surface area (TPSA) is 76.8 Å². The van der Waals surface area contributed by atoms with Crippen molar-refractivity contribution in [1.82, 2.24) is 0 Å². The second-order valence-corrected chi connectivity index (χ2v) is 3.10. The highest BCUT2D eigenvalue weighted by Gasteiger charge is 2.07. The van der Waals surface area contributed by atoms with Crippen molar-refractivity contribution in [3.63, 3.8) is 0 Å². The number of hydrogen-bond donors (Lipinski definition) is 2. The molecule has 56 valence electrons. The highest BCUT2D eigenvalue weighted by Crippen LogP contribution is 2.14. The van der Waals surface area contributed by atoms with Crippen molar-refractivity contribution in [3.05, 3.63) is 0 Å². The third-order valence-electron chi connectivity index (χ3n) is 1.11. The lowest BCUT2D eigenvalue weighted by atomic mass is 10.3. The van der Waals surface area contributed by atoms with E-state index in [0.717, 1.165) is 23.6 Å². The smallest absolute Gasteiger partial charge is 0.211 e. The highest BCUT2D eigenvalue weighted by molar-refractivity contribution is 8.00. The minimum atomic E-state index is 0.0319. The van der Waals surface area contributed by atoms with E-state index in [1.807, 2.05) is 11.8 Å². The normalized spacial score (nSPS) is 21.4. The Balaban J connectivity index is 2.46. The summed E-state index contributed by atoms with van der Waals surface area (Å²) < 4.78 is 0. The van der Waals surface area contributed by atoms with Crippen molar-refractivity contribution in [3.8, 4) is 0 Å². The first-order valence-electron chi connectivity index (χ1n) is 3.01. The van der Waals surface area contributed by atoms with Gasteiger partial charge in [0, 0.05) is 5.75 Å². The van der Waals surface area contributed by atoms with Crippen LogP contribution in [0.3, 0.4) is 0 Å². The predicted molar refractivity (Wildman–Crippen MR) is 45.2 cm³/mol. The molecule has 10 heavy (non-hydrogen) atoms. The Kier molecular flexibility index (Phi) is 2.56. The molecule has 0 saturated carbocycles. The molecule has 0 aliphatic carbocycles. The number of rotatable bonds is 1. The number of nitrogens with zero attached hydrogens (tertiary/aromatic N) is 2. The molecule has 0 atom stereocenters. The van der Waals surface area contributed by atoms with Crippen molar-refractivity contribution in [2.45, 2.75) is 6.42 Å². The summed E-state index contributed by atoms with van der Waals surface area (Å²) in [4.78, 5) is 0. The van der Waals surface area contributed by atoms with Gasteiger partial charge in [0.25, 0.3) is 0 Å². The summed E-state index contributed by atoms with van der Waals surface area (Å²) >= 11 is 1.85. The van der Waals surface area contributed by atoms with Crippen LogP contribution in [0.1, 0.15) is 6.42 Å². The predicted octanol–water partition coefficient (Wildman–Crippen LogP) is -0.247. The standard InChI is InChI=1S/C5H10N4S/c6-5(7)9-8-4-1-2-10-3-4/h1-3H2,(H4,6,7,9)/b8-4-. The minimum Gasteiger partial charge on any atom is -0.369 e. The van der Waals surface area contributed by atoms with E-state index in [1.54, 1.807) is 0 Å². The molecule has 0 spiro atoms.